The molecule has 7 nitrogen and oxygen atoms in total. The lowest BCUT2D eigenvalue weighted by Gasteiger charge is -2.21. The molecule has 7 heteroatoms. The van der Waals surface area contributed by atoms with E-state index in [9.17, 15) is 4.79 Å². The van der Waals surface area contributed by atoms with Crippen molar-refractivity contribution in [1.82, 2.24) is 24.6 Å². The van der Waals surface area contributed by atoms with Crippen molar-refractivity contribution in [2.24, 2.45) is 7.05 Å². The molecule has 0 atom stereocenters. The third-order valence-corrected chi connectivity index (χ3v) is 4.05. The number of H-pyrrole nitrogens is 1. The van der Waals surface area contributed by atoms with Crippen molar-refractivity contribution in [3.63, 3.8) is 0 Å². The predicted octanol–water partition coefficient (Wildman–Crippen LogP) is 1.94. The van der Waals surface area contributed by atoms with Crippen molar-refractivity contribution in [3.05, 3.63) is 57.8 Å². The molecule has 25 heavy (non-hydrogen) atoms. The highest BCUT2D eigenvalue weighted by molar-refractivity contribution is 5.72. The summed E-state index contributed by atoms with van der Waals surface area (Å²) in [6, 6.07) is 9.69. The Morgan fingerprint density at radius 3 is 2.72 bits per heavy atom. The summed E-state index contributed by atoms with van der Waals surface area (Å²) in [4.78, 5) is 21.8. The molecule has 0 saturated carbocycles. The normalized spacial score (nSPS) is 11.1. The van der Waals surface area contributed by atoms with Crippen LogP contribution in [0.4, 0.5) is 0 Å². The highest BCUT2D eigenvalue weighted by Gasteiger charge is 2.12. The molecule has 0 aliphatic carbocycles. The SMILES string of the molecule is CCCN(Cc1ccc(C#N)cc1)Cc1nc2c(cnn2C)c(=O)[nH]1. The lowest BCUT2D eigenvalue weighted by atomic mass is 10.1. The van der Waals surface area contributed by atoms with Gasteiger partial charge in [-0.15, -0.1) is 0 Å². The van der Waals surface area contributed by atoms with Crippen LogP contribution in [0.1, 0.15) is 30.3 Å². The van der Waals surface area contributed by atoms with Crippen molar-refractivity contribution < 1.29 is 0 Å². The van der Waals surface area contributed by atoms with Gasteiger partial charge in [-0.05, 0) is 30.7 Å². The number of nitrogens with one attached hydrogen (secondary N) is 1. The number of aryl methyl sites for hydroxylation is 1. The van der Waals surface area contributed by atoms with Crippen molar-refractivity contribution in [3.8, 4) is 6.07 Å². The summed E-state index contributed by atoms with van der Waals surface area (Å²) in [5.41, 5.74) is 2.20. The van der Waals surface area contributed by atoms with Crippen LogP contribution >= 0.6 is 0 Å². The first-order chi connectivity index (χ1) is 12.1. The molecule has 0 fully saturated rings. The largest absolute Gasteiger partial charge is 0.309 e. The van der Waals surface area contributed by atoms with Crippen LogP contribution in [0.3, 0.4) is 0 Å². The molecule has 2 heterocycles. The summed E-state index contributed by atoms with van der Waals surface area (Å²) in [6.45, 7) is 4.27. The predicted molar refractivity (Wildman–Crippen MR) is 94.7 cm³/mol. The van der Waals surface area contributed by atoms with E-state index in [1.165, 1.54) is 6.20 Å². The molecule has 0 spiro atoms. The smallest absolute Gasteiger partial charge is 0.262 e. The zero-order valence-corrected chi connectivity index (χ0v) is 14.4. The number of aromatic amines is 1. The maximum absolute atomic E-state index is 12.2. The summed E-state index contributed by atoms with van der Waals surface area (Å²) < 4.78 is 1.61. The summed E-state index contributed by atoms with van der Waals surface area (Å²) in [7, 11) is 1.78. The van der Waals surface area contributed by atoms with E-state index in [2.05, 4.69) is 33.0 Å². The minimum atomic E-state index is -0.164. The molecule has 3 aromatic rings. The van der Waals surface area contributed by atoms with Gasteiger partial charge in [-0.2, -0.15) is 10.4 Å². The van der Waals surface area contributed by atoms with Crippen molar-refractivity contribution in [2.75, 3.05) is 6.54 Å². The summed E-state index contributed by atoms with van der Waals surface area (Å²) in [6.07, 6.45) is 2.53. The van der Waals surface area contributed by atoms with Gasteiger partial charge < -0.3 is 4.98 Å². The van der Waals surface area contributed by atoms with Crippen molar-refractivity contribution in [1.29, 1.82) is 5.26 Å². The molecule has 0 radical (unpaired) electrons. The number of hydrogen-bond acceptors (Lipinski definition) is 5. The van der Waals surface area contributed by atoms with E-state index >= 15 is 0 Å². The standard InChI is InChI=1S/C18H20N6O/c1-3-8-24(11-14-6-4-13(9-19)5-7-14)12-16-21-17-15(18(25)22-16)10-20-23(17)2/h4-7,10H,3,8,11-12H2,1-2H3,(H,21,22,25). The number of aromatic nitrogens is 4. The van der Waals surface area contributed by atoms with Gasteiger partial charge in [0.1, 0.15) is 11.2 Å². The molecule has 1 aromatic carbocycles. The Bertz CT molecular complexity index is 964. The van der Waals surface area contributed by atoms with Crippen LogP contribution in [0.2, 0.25) is 0 Å². The fourth-order valence-electron chi connectivity index (χ4n) is 2.84. The third-order valence-electron chi connectivity index (χ3n) is 4.05. The molecule has 0 aliphatic heterocycles. The van der Waals surface area contributed by atoms with Gasteiger partial charge in [-0.1, -0.05) is 19.1 Å². The average Bonchev–Trinajstić information content (AvgIpc) is 2.97. The van der Waals surface area contributed by atoms with Gasteiger partial charge in [-0.3, -0.25) is 14.4 Å². The van der Waals surface area contributed by atoms with Gasteiger partial charge in [0.2, 0.25) is 0 Å². The average molecular weight is 336 g/mol. The van der Waals surface area contributed by atoms with Crippen LogP contribution in [0, 0.1) is 11.3 Å². The van der Waals surface area contributed by atoms with Crippen molar-refractivity contribution >= 4 is 11.0 Å². The molecule has 0 saturated heterocycles. The van der Waals surface area contributed by atoms with Gasteiger partial charge in [0.05, 0.1) is 24.4 Å². The van der Waals surface area contributed by atoms with E-state index in [0.717, 1.165) is 25.1 Å². The number of rotatable bonds is 6. The Morgan fingerprint density at radius 1 is 1.28 bits per heavy atom. The van der Waals surface area contributed by atoms with Crippen LogP contribution in [-0.4, -0.2) is 31.2 Å². The Morgan fingerprint density at radius 2 is 2.04 bits per heavy atom. The topological polar surface area (TPSA) is 90.6 Å². The van der Waals surface area contributed by atoms with Crippen LogP contribution in [-0.2, 0) is 20.1 Å². The fraction of sp³-hybridized carbons (Fsp3) is 0.333. The second kappa shape index (κ2) is 7.28. The quantitative estimate of drug-likeness (QED) is 0.743. The van der Waals surface area contributed by atoms with Crippen LogP contribution in [0.5, 0.6) is 0 Å². The first-order valence-corrected chi connectivity index (χ1v) is 8.23. The molecule has 128 valence electrons. The maximum atomic E-state index is 12.2. The molecule has 0 amide bonds. The summed E-state index contributed by atoms with van der Waals surface area (Å²) in [5, 5.41) is 13.5. The molecule has 3 rings (SSSR count). The Kier molecular flexibility index (Phi) is 4.91. The van der Waals surface area contributed by atoms with E-state index in [4.69, 9.17) is 5.26 Å². The van der Waals surface area contributed by atoms with Gasteiger partial charge in [-0.25, -0.2) is 4.98 Å². The van der Waals surface area contributed by atoms with E-state index in [-0.39, 0.29) is 5.56 Å². The molecular formula is C18H20N6O. The van der Waals surface area contributed by atoms with Gasteiger partial charge >= 0.3 is 0 Å². The van der Waals surface area contributed by atoms with Crippen LogP contribution in [0.15, 0.2) is 35.3 Å². The molecule has 0 unspecified atom stereocenters. The highest BCUT2D eigenvalue weighted by atomic mass is 16.1. The zero-order valence-electron chi connectivity index (χ0n) is 14.4. The second-order valence-electron chi connectivity index (χ2n) is 6.04. The second-order valence-corrected chi connectivity index (χ2v) is 6.04. The molecule has 2 aromatic heterocycles. The van der Waals surface area contributed by atoms with E-state index < -0.39 is 0 Å². The lowest BCUT2D eigenvalue weighted by Crippen LogP contribution is -2.26. The van der Waals surface area contributed by atoms with Crippen LogP contribution in [0.25, 0.3) is 11.0 Å². The number of nitrogens with zero attached hydrogens (tertiary/aromatic N) is 5. The number of benzene rings is 1. The number of hydrogen-bond donors (Lipinski definition) is 1. The molecule has 1 N–H and O–H groups in total. The Balaban J connectivity index is 1.82. The first-order valence-electron chi connectivity index (χ1n) is 8.23. The first kappa shape index (κ1) is 16.9. The maximum Gasteiger partial charge on any atom is 0.262 e. The van der Waals surface area contributed by atoms with Crippen LogP contribution < -0.4 is 5.56 Å². The summed E-state index contributed by atoms with van der Waals surface area (Å²) >= 11 is 0. The Labute approximate surface area is 145 Å². The van der Waals surface area contributed by atoms with Gasteiger partial charge in [0.25, 0.3) is 5.56 Å². The lowest BCUT2D eigenvalue weighted by molar-refractivity contribution is 0.251. The van der Waals surface area contributed by atoms with Crippen molar-refractivity contribution in [2.45, 2.75) is 26.4 Å². The minimum absolute atomic E-state index is 0.164. The fourth-order valence-corrected chi connectivity index (χ4v) is 2.84. The zero-order chi connectivity index (χ0) is 17.8. The molecule has 0 bridgehead atoms. The minimum Gasteiger partial charge on any atom is -0.309 e. The number of fused-ring (bicyclic) bond motifs is 1. The van der Waals surface area contributed by atoms with Gasteiger partial charge in [0.15, 0.2) is 5.65 Å². The summed E-state index contributed by atoms with van der Waals surface area (Å²) in [5.74, 6) is 0.628. The molecule has 0 aliphatic rings. The number of nitriles is 1. The third kappa shape index (κ3) is 3.75. The Hall–Kier alpha value is -2.98. The van der Waals surface area contributed by atoms with E-state index in [1.54, 1.807) is 11.7 Å². The van der Waals surface area contributed by atoms with E-state index in [1.807, 2.05) is 24.3 Å². The molecular weight excluding hydrogens is 316 g/mol. The van der Waals surface area contributed by atoms with Gasteiger partial charge in [0, 0.05) is 13.6 Å². The van der Waals surface area contributed by atoms with E-state index in [0.29, 0.717) is 29.0 Å². The monoisotopic (exact) mass is 336 g/mol. The highest BCUT2D eigenvalue weighted by Crippen LogP contribution is 2.11.